The summed E-state index contributed by atoms with van der Waals surface area (Å²) in [6.07, 6.45) is 2.39. The van der Waals surface area contributed by atoms with Crippen LogP contribution in [-0.4, -0.2) is 91.3 Å². The van der Waals surface area contributed by atoms with E-state index >= 15 is 0 Å². The van der Waals surface area contributed by atoms with Crippen LogP contribution in [0.1, 0.15) is 63.4 Å². The number of nitrogens with one attached hydrogen (secondary N) is 1. The lowest BCUT2D eigenvalue weighted by Crippen LogP contribution is -2.40. The van der Waals surface area contributed by atoms with Crippen molar-refractivity contribution in [2.45, 2.75) is 121 Å². The molecule has 2 saturated carbocycles. The zero-order valence-corrected chi connectivity index (χ0v) is 30.8. The van der Waals surface area contributed by atoms with Crippen molar-refractivity contribution in [2.75, 3.05) is 25.0 Å². The summed E-state index contributed by atoms with van der Waals surface area (Å²) in [6.45, 7) is 13.2. The Labute approximate surface area is 293 Å². The summed E-state index contributed by atoms with van der Waals surface area (Å²) in [5, 5.41) is 26.8. The van der Waals surface area contributed by atoms with E-state index in [0.29, 0.717) is 43.1 Å². The molecule has 0 radical (unpaired) electrons. The molecule has 3 heterocycles. The number of aliphatic hydroxyl groups excluding tert-OH is 2. The summed E-state index contributed by atoms with van der Waals surface area (Å²) in [5.74, 6) is 1.41. The number of nitrogens with zero attached hydrogens (tertiary/aromatic N) is 6. The SMILES string of the molecule is CC(C)N(CCCCc1nc2ccc(C(F)(F)F)cc2n1COCC[Si](C)(C)C)CC1CC(n2ccc3c(NC4CC4)ncnc32)[C@H](O)[C@@H]1O. The van der Waals surface area contributed by atoms with Crippen molar-refractivity contribution in [3.63, 3.8) is 0 Å². The zero-order chi connectivity index (χ0) is 35.8. The highest BCUT2D eigenvalue weighted by atomic mass is 28.3. The first-order chi connectivity index (χ1) is 23.7. The number of aromatic nitrogens is 5. The minimum Gasteiger partial charge on any atom is -0.390 e. The monoisotopic (exact) mass is 715 g/mol. The highest BCUT2D eigenvalue weighted by Gasteiger charge is 2.43. The lowest BCUT2D eigenvalue weighted by molar-refractivity contribution is -0.137. The molecule has 0 spiro atoms. The van der Waals surface area contributed by atoms with Crippen molar-refractivity contribution in [3.8, 4) is 0 Å². The maximum Gasteiger partial charge on any atom is 0.416 e. The first-order valence-corrected chi connectivity index (χ1v) is 21.7. The first-order valence-electron chi connectivity index (χ1n) is 18.0. The number of fused-ring (bicyclic) bond motifs is 2. The molecule has 0 bridgehead atoms. The van der Waals surface area contributed by atoms with Crippen molar-refractivity contribution in [1.82, 2.24) is 29.0 Å². The Morgan fingerprint density at radius 3 is 2.56 bits per heavy atom. The summed E-state index contributed by atoms with van der Waals surface area (Å²) in [6, 6.07) is 7.04. The minimum atomic E-state index is -4.44. The van der Waals surface area contributed by atoms with E-state index in [1.165, 1.54) is 12.1 Å². The van der Waals surface area contributed by atoms with Crippen molar-refractivity contribution in [3.05, 3.63) is 48.2 Å². The number of hydrogen-bond acceptors (Lipinski definition) is 8. The molecule has 2 aliphatic rings. The summed E-state index contributed by atoms with van der Waals surface area (Å²) in [7, 11) is -1.32. The van der Waals surface area contributed by atoms with Gasteiger partial charge in [0.2, 0.25) is 0 Å². The maximum absolute atomic E-state index is 13.6. The van der Waals surface area contributed by atoms with Crippen LogP contribution < -0.4 is 5.32 Å². The third-order valence-electron chi connectivity index (χ3n) is 10.2. The molecule has 4 aromatic rings. The van der Waals surface area contributed by atoms with Gasteiger partial charge in [0.15, 0.2) is 0 Å². The fourth-order valence-electron chi connectivity index (χ4n) is 7.01. The number of hydrogen-bond donors (Lipinski definition) is 3. The van der Waals surface area contributed by atoms with Crippen LogP contribution in [-0.2, 0) is 24.1 Å². The van der Waals surface area contributed by atoms with Gasteiger partial charge in [0, 0.05) is 51.8 Å². The molecule has 2 unspecified atom stereocenters. The van der Waals surface area contributed by atoms with E-state index in [2.05, 4.69) is 53.7 Å². The van der Waals surface area contributed by atoms with Gasteiger partial charge in [-0.2, -0.15) is 13.2 Å². The number of imidazole rings is 1. The fraction of sp³-hybridized carbons (Fsp3) is 0.639. The van der Waals surface area contributed by atoms with Gasteiger partial charge < -0.3 is 34.3 Å². The third kappa shape index (κ3) is 8.52. The lowest BCUT2D eigenvalue weighted by atomic mass is 10.0. The molecule has 0 amide bonds. The van der Waals surface area contributed by atoms with Gasteiger partial charge in [-0.3, -0.25) is 0 Å². The Kier molecular flexibility index (Phi) is 10.9. The van der Waals surface area contributed by atoms with Gasteiger partial charge in [0.05, 0.1) is 34.1 Å². The Morgan fingerprint density at radius 1 is 1.08 bits per heavy atom. The molecule has 6 rings (SSSR count). The van der Waals surface area contributed by atoms with E-state index in [1.54, 1.807) is 10.9 Å². The quantitative estimate of drug-likeness (QED) is 0.0868. The average Bonchev–Trinajstić information content (AvgIpc) is 3.55. The number of ether oxygens (including phenoxy) is 1. The van der Waals surface area contributed by atoms with Gasteiger partial charge in [-0.05, 0) is 82.8 Å². The van der Waals surface area contributed by atoms with Crippen molar-refractivity contribution < 1.29 is 28.1 Å². The van der Waals surface area contributed by atoms with Crippen LogP contribution in [0.4, 0.5) is 19.0 Å². The maximum atomic E-state index is 13.6. The van der Waals surface area contributed by atoms with Crippen LogP contribution in [0.15, 0.2) is 36.8 Å². The lowest BCUT2D eigenvalue weighted by Gasteiger charge is -2.30. The van der Waals surface area contributed by atoms with Crippen molar-refractivity contribution >= 4 is 36.0 Å². The Bertz CT molecular complexity index is 1750. The molecule has 3 N–H and O–H groups in total. The molecule has 0 aliphatic heterocycles. The smallest absolute Gasteiger partial charge is 0.390 e. The van der Waals surface area contributed by atoms with Gasteiger partial charge in [-0.25, -0.2) is 15.0 Å². The van der Waals surface area contributed by atoms with Crippen LogP contribution in [0, 0.1) is 5.92 Å². The summed E-state index contributed by atoms with van der Waals surface area (Å²) in [4.78, 5) is 16.0. The second kappa shape index (κ2) is 14.9. The van der Waals surface area contributed by atoms with Crippen LogP contribution in [0.5, 0.6) is 0 Å². The standard InChI is InChI=1S/C36H52F3N7O3Si/c1-23(2)44(20-24-18-30(33(48)32(24)47)45-15-13-27-34(42-26-10-11-26)40-21-41-35(27)45)14-7-6-8-31-43-28-12-9-25(36(37,38)39)19-29(28)46(31)22-49-16-17-50(3,4)5/h9,12-13,15,19,21,23-24,26,30,32-33,47-48H,6-8,10-11,14,16-18,20,22H2,1-5H3,(H,40,41,42)/t24?,30?,32-,33+/m1/s1. The van der Waals surface area contributed by atoms with E-state index in [-0.39, 0.29) is 24.7 Å². The molecule has 3 aromatic heterocycles. The number of anilines is 1. The fourth-order valence-corrected chi connectivity index (χ4v) is 7.77. The summed E-state index contributed by atoms with van der Waals surface area (Å²) in [5.41, 5.74) is 1.03. The molecule has 14 heteroatoms. The number of rotatable bonds is 16. The zero-order valence-electron chi connectivity index (χ0n) is 29.8. The Hall–Kier alpha value is -3.04. The molecule has 2 aliphatic carbocycles. The van der Waals surface area contributed by atoms with Crippen molar-refractivity contribution in [2.24, 2.45) is 5.92 Å². The second-order valence-corrected chi connectivity index (χ2v) is 21.3. The van der Waals surface area contributed by atoms with Crippen LogP contribution in [0.25, 0.3) is 22.1 Å². The van der Waals surface area contributed by atoms with Gasteiger partial charge in [0.25, 0.3) is 0 Å². The van der Waals surface area contributed by atoms with Crippen LogP contribution in [0.2, 0.25) is 25.7 Å². The predicted molar refractivity (Wildman–Crippen MR) is 192 cm³/mol. The molecule has 2 fully saturated rings. The summed E-state index contributed by atoms with van der Waals surface area (Å²) >= 11 is 0. The molecule has 274 valence electrons. The second-order valence-electron chi connectivity index (χ2n) is 15.7. The number of unbranched alkanes of at least 4 members (excludes halogenated alkanes) is 1. The topological polar surface area (TPSA) is 113 Å². The van der Waals surface area contributed by atoms with Crippen LogP contribution in [0.3, 0.4) is 0 Å². The minimum absolute atomic E-state index is 0.124. The number of benzene rings is 1. The highest BCUT2D eigenvalue weighted by molar-refractivity contribution is 6.76. The molecule has 0 saturated heterocycles. The number of aliphatic hydroxyl groups is 2. The normalized spacial score (nSPS) is 21.8. The number of halogens is 3. The molecule has 50 heavy (non-hydrogen) atoms. The third-order valence-corrected chi connectivity index (χ3v) is 11.9. The molecule has 10 nitrogen and oxygen atoms in total. The average molecular weight is 716 g/mol. The highest BCUT2D eigenvalue weighted by Crippen LogP contribution is 2.39. The first kappa shape index (κ1) is 36.7. The largest absolute Gasteiger partial charge is 0.416 e. The van der Waals surface area contributed by atoms with E-state index in [1.807, 2.05) is 16.8 Å². The van der Waals surface area contributed by atoms with Gasteiger partial charge in [-0.1, -0.05) is 19.6 Å². The van der Waals surface area contributed by atoms with E-state index in [9.17, 15) is 23.4 Å². The van der Waals surface area contributed by atoms with E-state index < -0.39 is 32.0 Å². The molecular formula is C36H52F3N7O3Si. The Balaban J connectivity index is 1.09. The number of alkyl halides is 3. The van der Waals surface area contributed by atoms with Crippen LogP contribution >= 0.6 is 0 Å². The molecule has 4 atom stereocenters. The predicted octanol–water partition coefficient (Wildman–Crippen LogP) is 6.70. The van der Waals surface area contributed by atoms with Gasteiger partial charge >= 0.3 is 6.18 Å². The summed E-state index contributed by atoms with van der Waals surface area (Å²) < 4.78 is 50.5. The van der Waals surface area contributed by atoms with E-state index in [0.717, 1.165) is 67.0 Å². The molecular weight excluding hydrogens is 664 g/mol. The van der Waals surface area contributed by atoms with Gasteiger partial charge in [0.1, 0.15) is 36.5 Å². The number of aryl methyl sites for hydroxylation is 1. The van der Waals surface area contributed by atoms with Crippen molar-refractivity contribution in [1.29, 1.82) is 0 Å². The molecule has 1 aromatic carbocycles. The van der Waals surface area contributed by atoms with Gasteiger partial charge in [-0.15, -0.1) is 0 Å². The van der Waals surface area contributed by atoms with E-state index in [4.69, 9.17) is 9.72 Å². The Morgan fingerprint density at radius 2 is 1.86 bits per heavy atom.